The fourth-order valence-corrected chi connectivity index (χ4v) is 5.66. The van der Waals surface area contributed by atoms with Crippen LogP contribution in [0.5, 0.6) is 0 Å². The SMILES string of the molecule is CC[C@H](C)N1C(=O)/C(=C/c2c(N3CCC(C(N)=O)CC3)nc3c(C)cccn3c2=O)SC1=S. The van der Waals surface area contributed by atoms with Crippen molar-refractivity contribution in [3.8, 4) is 0 Å². The Morgan fingerprint density at radius 1 is 1.36 bits per heavy atom. The summed E-state index contributed by atoms with van der Waals surface area (Å²) >= 11 is 6.66. The average molecular weight is 486 g/mol. The van der Waals surface area contributed by atoms with E-state index < -0.39 is 0 Å². The van der Waals surface area contributed by atoms with Crippen LogP contribution in [-0.4, -0.2) is 49.6 Å². The maximum absolute atomic E-state index is 13.6. The molecule has 2 aromatic heterocycles. The van der Waals surface area contributed by atoms with E-state index in [1.165, 1.54) is 16.2 Å². The van der Waals surface area contributed by atoms with Crippen LogP contribution in [0.3, 0.4) is 0 Å². The summed E-state index contributed by atoms with van der Waals surface area (Å²) in [7, 11) is 0. The van der Waals surface area contributed by atoms with Crippen molar-refractivity contribution in [1.82, 2.24) is 14.3 Å². The summed E-state index contributed by atoms with van der Waals surface area (Å²) in [6.45, 7) is 6.97. The molecule has 0 aliphatic carbocycles. The van der Waals surface area contributed by atoms with E-state index in [4.69, 9.17) is 22.9 Å². The third-order valence-corrected chi connectivity index (χ3v) is 7.72. The fourth-order valence-electron chi connectivity index (χ4n) is 4.22. The lowest BCUT2D eigenvalue weighted by atomic mass is 9.96. The number of thiocarbonyl (C=S) groups is 1. The third-order valence-electron chi connectivity index (χ3n) is 6.39. The predicted octanol–water partition coefficient (Wildman–Crippen LogP) is 2.70. The molecule has 2 aliphatic rings. The smallest absolute Gasteiger partial charge is 0.267 e. The molecule has 0 bridgehead atoms. The van der Waals surface area contributed by atoms with Crippen LogP contribution in [0.25, 0.3) is 11.7 Å². The molecule has 4 rings (SSSR count). The third kappa shape index (κ3) is 4.29. The predicted molar refractivity (Wildman–Crippen MR) is 135 cm³/mol. The number of piperidine rings is 1. The molecule has 2 saturated heterocycles. The second-order valence-electron chi connectivity index (χ2n) is 8.51. The number of hydrogen-bond donors (Lipinski definition) is 1. The number of aromatic nitrogens is 2. The number of nitrogens with two attached hydrogens (primary N) is 1. The van der Waals surface area contributed by atoms with Crippen molar-refractivity contribution in [2.24, 2.45) is 11.7 Å². The second-order valence-corrected chi connectivity index (χ2v) is 10.2. The molecule has 8 nitrogen and oxygen atoms in total. The van der Waals surface area contributed by atoms with Gasteiger partial charge in [0, 0.05) is 31.2 Å². The van der Waals surface area contributed by atoms with E-state index in [9.17, 15) is 14.4 Å². The number of amides is 2. The zero-order chi connectivity index (χ0) is 23.9. The molecule has 2 fully saturated rings. The number of thioether (sulfide) groups is 1. The Labute approximate surface area is 201 Å². The molecule has 0 radical (unpaired) electrons. The summed E-state index contributed by atoms with van der Waals surface area (Å²) in [6, 6.07) is 3.69. The lowest BCUT2D eigenvalue weighted by Gasteiger charge is -2.32. The van der Waals surface area contributed by atoms with Crippen LogP contribution in [0, 0.1) is 12.8 Å². The minimum atomic E-state index is -0.300. The van der Waals surface area contributed by atoms with Gasteiger partial charge in [-0.2, -0.15) is 0 Å². The quantitative estimate of drug-likeness (QED) is 0.513. The molecular formula is C23H27N5O3S2. The summed E-state index contributed by atoms with van der Waals surface area (Å²) < 4.78 is 2.00. The lowest BCUT2D eigenvalue weighted by molar-refractivity contribution is -0.123. The van der Waals surface area contributed by atoms with Crippen LogP contribution in [-0.2, 0) is 9.59 Å². The van der Waals surface area contributed by atoms with Crippen molar-refractivity contribution in [2.45, 2.75) is 46.1 Å². The normalized spacial score (nSPS) is 19.7. The molecule has 0 saturated carbocycles. The molecule has 2 aromatic rings. The first-order chi connectivity index (χ1) is 15.7. The zero-order valence-corrected chi connectivity index (χ0v) is 20.5. The van der Waals surface area contributed by atoms with Crippen LogP contribution < -0.4 is 16.2 Å². The van der Waals surface area contributed by atoms with E-state index in [0.29, 0.717) is 52.2 Å². The highest BCUT2D eigenvalue weighted by molar-refractivity contribution is 8.26. The first-order valence-electron chi connectivity index (χ1n) is 11.1. The van der Waals surface area contributed by atoms with Crippen molar-refractivity contribution in [2.75, 3.05) is 18.0 Å². The highest BCUT2D eigenvalue weighted by Gasteiger charge is 2.35. The number of nitrogens with zero attached hydrogens (tertiary/aromatic N) is 4. The molecule has 4 heterocycles. The summed E-state index contributed by atoms with van der Waals surface area (Å²) in [5.41, 5.74) is 7.04. The highest BCUT2D eigenvalue weighted by atomic mass is 32.2. The number of anilines is 1. The van der Waals surface area contributed by atoms with Crippen LogP contribution in [0.2, 0.25) is 0 Å². The number of primary amides is 1. The van der Waals surface area contributed by atoms with E-state index in [1.807, 2.05) is 31.7 Å². The molecule has 174 valence electrons. The van der Waals surface area contributed by atoms with Gasteiger partial charge in [-0.25, -0.2) is 4.98 Å². The first kappa shape index (κ1) is 23.4. The minimum Gasteiger partial charge on any atom is -0.369 e. The molecule has 1 atom stereocenters. The van der Waals surface area contributed by atoms with Gasteiger partial charge < -0.3 is 10.6 Å². The fraction of sp³-hybridized carbons (Fsp3) is 0.435. The van der Waals surface area contributed by atoms with Gasteiger partial charge in [-0.3, -0.25) is 23.7 Å². The summed E-state index contributed by atoms with van der Waals surface area (Å²) in [4.78, 5) is 47.2. The van der Waals surface area contributed by atoms with Crippen LogP contribution in [0.1, 0.15) is 44.2 Å². The van der Waals surface area contributed by atoms with Gasteiger partial charge in [0.05, 0.1) is 10.5 Å². The minimum absolute atomic E-state index is 0.0193. The number of hydrogen-bond acceptors (Lipinski definition) is 7. The molecular weight excluding hydrogens is 458 g/mol. The van der Waals surface area contributed by atoms with Gasteiger partial charge in [0.1, 0.15) is 15.8 Å². The molecule has 0 unspecified atom stereocenters. The van der Waals surface area contributed by atoms with Gasteiger partial charge in [0.15, 0.2) is 0 Å². The lowest BCUT2D eigenvalue weighted by Crippen LogP contribution is -2.40. The Balaban J connectivity index is 1.83. The van der Waals surface area contributed by atoms with Crippen molar-refractivity contribution >= 4 is 57.7 Å². The molecule has 10 heteroatoms. The second kappa shape index (κ2) is 9.26. The van der Waals surface area contributed by atoms with Crippen LogP contribution in [0.15, 0.2) is 28.0 Å². The maximum Gasteiger partial charge on any atom is 0.267 e. The number of carbonyl (C=O) groups is 2. The van der Waals surface area contributed by atoms with Crippen molar-refractivity contribution < 1.29 is 9.59 Å². The van der Waals surface area contributed by atoms with E-state index in [-0.39, 0.29) is 29.3 Å². The van der Waals surface area contributed by atoms with E-state index in [2.05, 4.69) is 0 Å². The Kier molecular flexibility index (Phi) is 6.58. The number of rotatable bonds is 5. The monoisotopic (exact) mass is 485 g/mol. The maximum atomic E-state index is 13.6. The van der Waals surface area contributed by atoms with Crippen LogP contribution >= 0.6 is 24.0 Å². The molecule has 2 N–H and O–H groups in total. The zero-order valence-electron chi connectivity index (χ0n) is 18.9. The summed E-state index contributed by atoms with van der Waals surface area (Å²) in [5.74, 6) is -0.150. The number of carbonyl (C=O) groups excluding carboxylic acids is 2. The Morgan fingerprint density at radius 3 is 2.70 bits per heavy atom. The number of pyridine rings is 1. The number of fused-ring (bicyclic) bond motifs is 1. The Morgan fingerprint density at radius 2 is 2.06 bits per heavy atom. The van der Waals surface area contributed by atoms with Gasteiger partial charge in [-0.15, -0.1) is 0 Å². The molecule has 0 spiro atoms. The van der Waals surface area contributed by atoms with Crippen molar-refractivity contribution in [3.63, 3.8) is 0 Å². The van der Waals surface area contributed by atoms with Gasteiger partial charge in [-0.1, -0.05) is 37.0 Å². The van der Waals surface area contributed by atoms with E-state index >= 15 is 0 Å². The Hall–Kier alpha value is -2.72. The number of aryl methyl sites for hydroxylation is 1. The van der Waals surface area contributed by atoms with Crippen LogP contribution in [0.4, 0.5) is 5.82 Å². The summed E-state index contributed by atoms with van der Waals surface area (Å²) in [5, 5.41) is 0. The van der Waals surface area contributed by atoms with Gasteiger partial charge in [0.25, 0.3) is 11.5 Å². The topological polar surface area (TPSA) is 101 Å². The first-order valence-corrected chi connectivity index (χ1v) is 12.3. The highest BCUT2D eigenvalue weighted by Crippen LogP contribution is 2.35. The van der Waals surface area contributed by atoms with Gasteiger partial charge >= 0.3 is 0 Å². The Bertz CT molecular complexity index is 1230. The standard InChI is InChI=1S/C23H27N5O3S2/c1-4-14(3)28-22(31)17(33-23(28)32)12-16-20(26-10-7-15(8-11-26)18(24)29)25-19-13(2)6-5-9-27(19)21(16)30/h5-6,9,12,14-15H,4,7-8,10-11H2,1-3H3,(H2,24,29)/b17-12-/t14-/m0/s1. The molecule has 33 heavy (non-hydrogen) atoms. The molecule has 0 aromatic carbocycles. The molecule has 2 aliphatic heterocycles. The molecule has 2 amide bonds. The van der Waals surface area contributed by atoms with Gasteiger partial charge in [-0.05, 0) is 50.8 Å². The van der Waals surface area contributed by atoms with Crippen molar-refractivity contribution in [1.29, 1.82) is 0 Å². The average Bonchev–Trinajstić information content (AvgIpc) is 3.08. The van der Waals surface area contributed by atoms with E-state index in [0.717, 1.165) is 12.0 Å². The van der Waals surface area contributed by atoms with Crippen molar-refractivity contribution in [3.05, 3.63) is 44.7 Å². The van der Waals surface area contributed by atoms with E-state index in [1.54, 1.807) is 23.2 Å². The summed E-state index contributed by atoms with van der Waals surface area (Å²) in [6.07, 6.45) is 5.28. The largest absolute Gasteiger partial charge is 0.369 e. The van der Waals surface area contributed by atoms with Gasteiger partial charge in [0.2, 0.25) is 5.91 Å².